The number of hydrogen-bond donors (Lipinski definition) is 1. The van der Waals surface area contributed by atoms with Crippen LogP contribution in [0.25, 0.3) is 5.69 Å². The number of rotatable bonds is 5. The fourth-order valence-corrected chi connectivity index (χ4v) is 3.22. The summed E-state index contributed by atoms with van der Waals surface area (Å²) in [5.74, 6) is 0.208. The fraction of sp³-hybridized carbons (Fsp3) is 0.167. The molecule has 0 bridgehead atoms. The molecule has 0 atom stereocenters. The number of imidazole rings is 1. The Morgan fingerprint density at radius 3 is 2.71 bits per heavy atom. The number of carbonyl (C=O) groups excluding carboxylic acids is 1. The predicted molar refractivity (Wildman–Crippen MR) is 96.6 cm³/mol. The largest absolute Gasteiger partial charge is 0.324 e. The predicted octanol–water partition coefficient (Wildman–Crippen LogP) is 3.61. The number of thioether (sulfide) groups is 1. The van der Waals surface area contributed by atoms with Gasteiger partial charge in [-0.05, 0) is 49.2 Å². The minimum Gasteiger partial charge on any atom is -0.324 e. The van der Waals surface area contributed by atoms with Crippen LogP contribution in [-0.4, -0.2) is 26.2 Å². The molecule has 122 valence electrons. The van der Waals surface area contributed by atoms with Crippen molar-refractivity contribution in [1.29, 1.82) is 0 Å². The summed E-state index contributed by atoms with van der Waals surface area (Å²) in [5, 5.41) is 3.62. The van der Waals surface area contributed by atoms with Crippen LogP contribution in [0.4, 0.5) is 5.69 Å². The van der Waals surface area contributed by atoms with Gasteiger partial charge in [-0.2, -0.15) is 0 Å². The van der Waals surface area contributed by atoms with Crippen LogP contribution in [0.2, 0.25) is 0 Å². The molecule has 0 radical (unpaired) electrons. The molecule has 0 saturated carbocycles. The molecule has 2 heterocycles. The molecule has 1 aromatic carbocycles. The third kappa shape index (κ3) is 4.02. The monoisotopic (exact) mass is 338 g/mol. The lowest BCUT2D eigenvalue weighted by Crippen LogP contribution is -2.14. The van der Waals surface area contributed by atoms with Crippen molar-refractivity contribution < 1.29 is 4.79 Å². The van der Waals surface area contributed by atoms with Crippen molar-refractivity contribution in [1.82, 2.24) is 14.5 Å². The molecule has 5 nitrogen and oxygen atoms in total. The van der Waals surface area contributed by atoms with Crippen LogP contribution in [-0.2, 0) is 4.79 Å². The van der Waals surface area contributed by atoms with E-state index >= 15 is 0 Å². The van der Waals surface area contributed by atoms with Crippen LogP contribution in [0, 0.1) is 13.8 Å². The van der Waals surface area contributed by atoms with Gasteiger partial charge in [-0.25, -0.2) is 4.98 Å². The Labute approximate surface area is 145 Å². The van der Waals surface area contributed by atoms with Crippen molar-refractivity contribution in [2.75, 3.05) is 11.1 Å². The normalized spacial score (nSPS) is 10.6. The molecule has 0 unspecified atom stereocenters. The van der Waals surface area contributed by atoms with Crippen LogP contribution in [0.3, 0.4) is 0 Å². The van der Waals surface area contributed by atoms with Crippen molar-refractivity contribution in [3.05, 3.63) is 66.2 Å². The maximum Gasteiger partial charge on any atom is 0.234 e. The van der Waals surface area contributed by atoms with Gasteiger partial charge < -0.3 is 5.32 Å². The van der Waals surface area contributed by atoms with E-state index in [2.05, 4.69) is 47.3 Å². The fourth-order valence-electron chi connectivity index (χ4n) is 2.45. The first-order valence-electron chi connectivity index (χ1n) is 7.56. The molecule has 0 aliphatic rings. The highest BCUT2D eigenvalue weighted by Gasteiger charge is 2.10. The zero-order chi connectivity index (χ0) is 16.9. The van der Waals surface area contributed by atoms with E-state index in [1.807, 2.05) is 16.8 Å². The van der Waals surface area contributed by atoms with Gasteiger partial charge in [0.2, 0.25) is 5.91 Å². The van der Waals surface area contributed by atoms with E-state index in [9.17, 15) is 4.79 Å². The highest BCUT2D eigenvalue weighted by atomic mass is 32.2. The number of anilines is 1. The second-order valence-corrected chi connectivity index (χ2v) is 6.45. The molecule has 2 aromatic heterocycles. The summed E-state index contributed by atoms with van der Waals surface area (Å²) in [6, 6.07) is 9.94. The minimum absolute atomic E-state index is 0.0806. The summed E-state index contributed by atoms with van der Waals surface area (Å²) in [5.41, 5.74) is 4.15. The SMILES string of the molecule is Cc1cc(C)cc(-n2ccnc2SCC(=O)Nc2cccnc2)c1. The van der Waals surface area contributed by atoms with Gasteiger partial charge in [-0.1, -0.05) is 17.8 Å². The number of carbonyl (C=O) groups is 1. The van der Waals surface area contributed by atoms with Gasteiger partial charge >= 0.3 is 0 Å². The van der Waals surface area contributed by atoms with Gasteiger partial charge in [0.1, 0.15) is 0 Å². The number of amides is 1. The van der Waals surface area contributed by atoms with E-state index in [1.165, 1.54) is 22.9 Å². The van der Waals surface area contributed by atoms with Gasteiger partial charge in [-0.3, -0.25) is 14.3 Å². The van der Waals surface area contributed by atoms with Crippen molar-refractivity contribution in [3.8, 4) is 5.69 Å². The lowest BCUT2D eigenvalue weighted by molar-refractivity contribution is -0.113. The van der Waals surface area contributed by atoms with E-state index in [4.69, 9.17) is 0 Å². The number of aromatic nitrogens is 3. The first-order valence-corrected chi connectivity index (χ1v) is 8.55. The minimum atomic E-state index is -0.0806. The Morgan fingerprint density at radius 1 is 1.21 bits per heavy atom. The van der Waals surface area contributed by atoms with Gasteiger partial charge in [0.05, 0.1) is 17.6 Å². The number of hydrogen-bond acceptors (Lipinski definition) is 4. The quantitative estimate of drug-likeness (QED) is 0.722. The van der Waals surface area contributed by atoms with E-state index in [1.54, 1.807) is 24.7 Å². The summed E-state index contributed by atoms with van der Waals surface area (Å²) in [4.78, 5) is 20.4. The number of aryl methyl sites for hydroxylation is 2. The number of benzene rings is 1. The standard InChI is InChI=1S/C18H18N4OS/c1-13-8-14(2)10-16(9-13)22-7-6-20-18(22)24-12-17(23)21-15-4-3-5-19-11-15/h3-11H,12H2,1-2H3,(H,21,23). The lowest BCUT2D eigenvalue weighted by Gasteiger charge is -2.10. The van der Waals surface area contributed by atoms with Crippen LogP contribution in [0.5, 0.6) is 0 Å². The maximum atomic E-state index is 12.1. The van der Waals surface area contributed by atoms with Gasteiger partial charge in [0.15, 0.2) is 5.16 Å². The Bertz CT molecular complexity index is 825. The van der Waals surface area contributed by atoms with Crippen LogP contribution in [0.15, 0.2) is 60.3 Å². The molecule has 0 aliphatic carbocycles. The molecule has 0 saturated heterocycles. The second-order valence-electron chi connectivity index (χ2n) is 5.50. The first kappa shape index (κ1) is 16.3. The van der Waals surface area contributed by atoms with Crippen molar-refractivity contribution in [2.24, 2.45) is 0 Å². The summed E-state index contributed by atoms with van der Waals surface area (Å²) < 4.78 is 2.00. The molecule has 24 heavy (non-hydrogen) atoms. The van der Waals surface area contributed by atoms with Gasteiger partial charge in [-0.15, -0.1) is 0 Å². The van der Waals surface area contributed by atoms with Gasteiger partial charge in [0.25, 0.3) is 0 Å². The summed E-state index contributed by atoms with van der Waals surface area (Å²) in [6.45, 7) is 4.14. The Balaban J connectivity index is 1.68. The van der Waals surface area contributed by atoms with Crippen LogP contribution in [0.1, 0.15) is 11.1 Å². The van der Waals surface area contributed by atoms with E-state index in [-0.39, 0.29) is 11.7 Å². The molecule has 0 spiro atoms. The topological polar surface area (TPSA) is 59.8 Å². The zero-order valence-corrected chi connectivity index (χ0v) is 14.4. The van der Waals surface area contributed by atoms with Crippen molar-refractivity contribution >= 4 is 23.4 Å². The molecular formula is C18H18N4OS. The molecule has 1 amide bonds. The third-order valence-electron chi connectivity index (χ3n) is 3.37. The summed E-state index contributed by atoms with van der Waals surface area (Å²) in [7, 11) is 0. The average molecular weight is 338 g/mol. The van der Waals surface area contributed by atoms with Crippen LogP contribution < -0.4 is 5.32 Å². The Morgan fingerprint density at radius 2 is 2.00 bits per heavy atom. The third-order valence-corrected chi connectivity index (χ3v) is 4.34. The zero-order valence-electron chi connectivity index (χ0n) is 13.6. The molecule has 3 rings (SSSR count). The number of pyridine rings is 1. The Kier molecular flexibility index (Phi) is 4.96. The summed E-state index contributed by atoms with van der Waals surface area (Å²) >= 11 is 1.41. The van der Waals surface area contributed by atoms with Crippen LogP contribution >= 0.6 is 11.8 Å². The van der Waals surface area contributed by atoms with Gasteiger partial charge in [0, 0.05) is 24.3 Å². The van der Waals surface area contributed by atoms with E-state index < -0.39 is 0 Å². The maximum absolute atomic E-state index is 12.1. The van der Waals surface area contributed by atoms with E-state index in [0.717, 1.165) is 10.8 Å². The number of nitrogens with one attached hydrogen (secondary N) is 1. The van der Waals surface area contributed by atoms with Crippen molar-refractivity contribution in [2.45, 2.75) is 19.0 Å². The highest BCUT2D eigenvalue weighted by Crippen LogP contribution is 2.22. The second kappa shape index (κ2) is 7.31. The smallest absolute Gasteiger partial charge is 0.234 e. The molecule has 6 heteroatoms. The highest BCUT2D eigenvalue weighted by molar-refractivity contribution is 7.99. The average Bonchev–Trinajstić information content (AvgIpc) is 3.01. The number of nitrogens with zero attached hydrogens (tertiary/aromatic N) is 3. The van der Waals surface area contributed by atoms with Crippen molar-refractivity contribution in [3.63, 3.8) is 0 Å². The van der Waals surface area contributed by atoms with E-state index in [0.29, 0.717) is 5.69 Å². The molecular weight excluding hydrogens is 320 g/mol. The molecule has 1 N–H and O–H groups in total. The molecule has 0 aliphatic heterocycles. The Hall–Kier alpha value is -2.60. The first-order chi connectivity index (χ1) is 11.6. The summed E-state index contributed by atoms with van der Waals surface area (Å²) in [6.07, 6.45) is 6.96. The lowest BCUT2D eigenvalue weighted by atomic mass is 10.1. The molecule has 0 fully saturated rings. The molecule has 3 aromatic rings.